The maximum atomic E-state index is 9.09. The first kappa shape index (κ1) is 11.7. The number of phenols is 1. The number of phenolic OH excluding ortho intramolecular Hbond substituents is 1. The lowest BCUT2D eigenvalue weighted by Gasteiger charge is -1.96. The van der Waals surface area contributed by atoms with Gasteiger partial charge in [-0.3, -0.25) is 0 Å². The minimum atomic E-state index is 0.366. The highest BCUT2D eigenvalue weighted by Gasteiger charge is 1.93. The van der Waals surface area contributed by atoms with E-state index in [9.17, 15) is 0 Å². The van der Waals surface area contributed by atoms with Crippen LogP contribution in [0.3, 0.4) is 0 Å². The molecule has 0 aromatic heterocycles. The van der Waals surface area contributed by atoms with E-state index in [1.54, 1.807) is 17.8 Å². The van der Waals surface area contributed by atoms with Gasteiger partial charge in [0.05, 0.1) is 0 Å². The quantitative estimate of drug-likeness (QED) is 0.735. The van der Waals surface area contributed by atoms with Crippen LogP contribution in [-0.2, 0) is 0 Å². The number of rotatable bonds is 1. The van der Waals surface area contributed by atoms with E-state index in [-0.39, 0.29) is 0 Å². The van der Waals surface area contributed by atoms with Crippen molar-refractivity contribution in [3.63, 3.8) is 0 Å². The van der Waals surface area contributed by atoms with Gasteiger partial charge in [0.15, 0.2) is 0 Å². The summed E-state index contributed by atoms with van der Waals surface area (Å²) >= 11 is 1.55. The number of aromatic hydroxyl groups is 1. The van der Waals surface area contributed by atoms with E-state index in [1.165, 1.54) is 0 Å². The number of hydrogen-bond donors (Lipinski definition) is 1. The highest BCUT2D eigenvalue weighted by molar-refractivity contribution is 7.98. The Morgan fingerprint density at radius 2 is 1.27 bits per heavy atom. The Morgan fingerprint density at radius 1 is 0.800 bits per heavy atom. The van der Waals surface area contributed by atoms with Crippen molar-refractivity contribution >= 4 is 11.8 Å². The molecule has 1 nitrogen and oxygen atoms in total. The summed E-state index contributed by atoms with van der Waals surface area (Å²) in [5.74, 6) is 0.366. The number of benzene rings is 2. The van der Waals surface area contributed by atoms with Crippen LogP contribution in [0.2, 0.25) is 0 Å². The summed E-state index contributed by atoms with van der Waals surface area (Å²) in [6.45, 7) is 0. The maximum absolute atomic E-state index is 9.09. The molecule has 0 saturated heterocycles. The molecule has 0 unspecified atom stereocenters. The van der Waals surface area contributed by atoms with E-state index < -0.39 is 0 Å². The van der Waals surface area contributed by atoms with Crippen LogP contribution in [-0.4, -0.2) is 11.4 Å². The summed E-state index contributed by atoms with van der Waals surface area (Å²) in [4.78, 5) is 0.928. The Kier molecular flexibility index (Phi) is 5.41. The summed E-state index contributed by atoms with van der Waals surface area (Å²) < 4.78 is 0. The van der Waals surface area contributed by atoms with Gasteiger partial charge in [0.25, 0.3) is 0 Å². The smallest absolute Gasteiger partial charge is 0.129 e. The van der Waals surface area contributed by atoms with Crippen LogP contribution >= 0.6 is 11.8 Å². The molecule has 0 amide bonds. The molecule has 15 heavy (non-hydrogen) atoms. The lowest BCUT2D eigenvalue weighted by Crippen LogP contribution is -1.68. The Labute approximate surface area is 94.8 Å². The normalized spacial score (nSPS) is 8.87. The maximum Gasteiger partial charge on any atom is 0.129 e. The summed E-state index contributed by atoms with van der Waals surface area (Å²) in [6.07, 6.45) is 1.94. The van der Waals surface area contributed by atoms with E-state index in [4.69, 9.17) is 5.11 Å². The molecule has 0 aliphatic rings. The van der Waals surface area contributed by atoms with Crippen molar-refractivity contribution in [3.8, 4) is 5.75 Å². The Morgan fingerprint density at radius 3 is 1.60 bits per heavy atom. The van der Waals surface area contributed by atoms with Crippen LogP contribution in [0.4, 0.5) is 0 Å². The van der Waals surface area contributed by atoms with Gasteiger partial charge in [-0.05, 0) is 18.4 Å². The first-order valence-corrected chi connectivity index (χ1v) is 5.89. The van der Waals surface area contributed by atoms with E-state index >= 15 is 0 Å². The fraction of sp³-hybridized carbons (Fsp3) is 0.0769. The first-order valence-electron chi connectivity index (χ1n) is 4.66. The summed E-state index contributed by atoms with van der Waals surface area (Å²) in [6, 6.07) is 19.3. The second-order valence-corrected chi connectivity index (χ2v) is 3.67. The van der Waals surface area contributed by atoms with Gasteiger partial charge >= 0.3 is 0 Å². The highest BCUT2D eigenvalue weighted by Crippen LogP contribution is 2.24. The van der Waals surface area contributed by atoms with Crippen LogP contribution in [0.15, 0.2) is 65.6 Å². The molecule has 0 saturated carbocycles. The molecule has 0 spiro atoms. The fourth-order valence-electron chi connectivity index (χ4n) is 1.01. The van der Waals surface area contributed by atoms with Crippen molar-refractivity contribution in [2.24, 2.45) is 0 Å². The summed E-state index contributed by atoms with van der Waals surface area (Å²) in [7, 11) is 0. The standard InChI is InChI=1S/C7H8OS.C6H6/c1-9-7-5-3-2-4-6(7)8;1-2-4-6-5-3-1/h2-5,8H,1H3;1-6H. The van der Waals surface area contributed by atoms with Gasteiger partial charge in [-0.15, -0.1) is 11.8 Å². The van der Waals surface area contributed by atoms with Crippen LogP contribution in [0, 0.1) is 0 Å². The lowest BCUT2D eigenvalue weighted by molar-refractivity contribution is 0.462. The van der Waals surface area contributed by atoms with Gasteiger partial charge in [-0.2, -0.15) is 0 Å². The monoisotopic (exact) mass is 218 g/mol. The Hall–Kier alpha value is -1.41. The van der Waals surface area contributed by atoms with Gasteiger partial charge < -0.3 is 5.11 Å². The molecular formula is C13H14OS. The largest absolute Gasteiger partial charge is 0.507 e. The molecule has 0 atom stereocenters. The summed E-state index contributed by atoms with van der Waals surface area (Å²) in [5, 5.41) is 9.09. The van der Waals surface area contributed by atoms with Gasteiger partial charge in [-0.25, -0.2) is 0 Å². The van der Waals surface area contributed by atoms with E-state index in [1.807, 2.05) is 60.9 Å². The van der Waals surface area contributed by atoms with Crippen molar-refractivity contribution in [2.45, 2.75) is 4.90 Å². The van der Waals surface area contributed by atoms with Crippen molar-refractivity contribution in [1.29, 1.82) is 0 Å². The zero-order chi connectivity index (χ0) is 10.9. The predicted octanol–water partition coefficient (Wildman–Crippen LogP) is 3.80. The molecule has 2 aromatic rings. The van der Waals surface area contributed by atoms with Gasteiger partial charge in [0.1, 0.15) is 5.75 Å². The van der Waals surface area contributed by atoms with Gasteiger partial charge in [-0.1, -0.05) is 48.5 Å². The van der Waals surface area contributed by atoms with Crippen molar-refractivity contribution < 1.29 is 5.11 Å². The van der Waals surface area contributed by atoms with Crippen LogP contribution < -0.4 is 0 Å². The van der Waals surface area contributed by atoms with E-state index in [2.05, 4.69) is 0 Å². The third kappa shape index (κ3) is 4.56. The minimum absolute atomic E-state index is 0.366. The molecule has 2 aromatic carbocycles. The second kappa shape index (κ2) is 6.96. The minimum Gasteiger partial charge on any atom is -0.507 e. The van der Waals surface area contributed by atoms with Gasteiger partial charge in [0.2, 0.25) is 0 Å². The number of para-hydroxylation sites is 1. The van der Waals surface area contributed by atoms with Crippen molar-refractivity contribution in [1.82, 2.24) is 0 Å². The van der Waals surface area contributed by atoms with E-state index in [0.717, 1.165) is 4.90 Å². The van der Waals surface area contributed by atoms with Crippen LogP contribution in [0.25, 0.3) is 0 Å². The van der Waals surface area contributed by atoms with Crippen molar-refractivity contribution in [2.75, 3.05) is 6.26 Å². The Balaban J connectivity index is 0.000000162. The highest BCUT2D eigenvalue weighted by atomic mass is 32.2. The molecular weight excluding hydrogens is 204 g/mol. The fourth-order valence-corrected chi connectivity index (χ4v) is 1.51. The number of hydrogen-bond acceptors (Lipinski definition) is 2. The molecule has 0 aliphatic heterocycles. The average Bonchev–Trinajstić information content (AvgIpc) is 2.33. The third-order valence-electron chi connectivity index (χ3n) is 1.75. The lowest BCUT2D eigenvalue weighted by atomic mass is 10.3. The molecule has 0 fully saturated rings. The van der Waals surface area contributed by atoms with Crippen LogP contribution in [0.1, 0.15) is 0 Å². The molecule has 0 bridgehead atoms. The second-order valence-electron chi connectivity index (χ2n) is 2.83. The Bertz CT molecular complexity index is 347. The zero-order valence-electron chi connectivity index (χ0n) is 8.63. The molecule has 2 rings (SSSR count). The molecule has 0 radical (unpaired) electrons. The zero-order valence-corrected chi connectivity index (χ0v) is 9.45. The van der Waals surface area contributed by atoms with Gasteiger partial charge in [0, 0.05) is 4.90 Å². The molecule has 0 heterocycles. The van der Waals surface area contributed by atoms with Crippen LogP contribution in [0.5, 0.6) is 5.75 Å². The average molecular weight is 218 g/mol. The first-order chi connectivity index (χ1) is 7.34. The predicted molar refractivity (Wildman–Crippen MR) is 66.3 cm³/mol. The topological polar surface area (TPSA) is 20.2 Å². The van der Waals surface area contributed by atoms with Crippen molar-refractivity contribution in [3.05, 3.63) is 60.7 Å². The molecule has 0 aliphatic carbocycles. The molecule has 2 heteroatoms. The molecule has 78 valence electrons. The SMILES string of the molecule is CSc1ccccc1O.c1ccccc1. The number of thioether (sulfide) groups is 1. The third-order valence-corrected chi connectivity index (χ3v) is 2.54. The van der Waals surface area contributed by atoms with E-state index in [0.29, 0.717) is 5.75 Å². The summed E-state index contributed by atoms with van der Waals surface area (Å²) in [5.41, 5.74) is 0. The molecule has 1 N–H and O–H groups in total.